The van der Waals surface area contributed by atoms with E-state index in [1.165, 1.54) is 12.1 Å². The number of alkyl halides is 2. The molecule has 0 spiro atoms. The number of thiophene rings is 1. The lowest BCUT2D eigenvalue weighted by molar-refractivity contribution is -0.127. The zero-order valence-electron chi connectivity index (χ0n) is 21.7. The van der Waals surface area contributed by atoms with Gasteiger partial charge < -0.3 is 14.4 Å². The maximum atomic E-state index is 13.4. The highest BCUT2D eigenvalue weighted by Crippen LogP contribution is 2.29. The van der Waals surface area contributed by atoms with Gasteiger partial charge in [-0.15, -0.1) is 11.3 Å². The molecule has 3 aromatic rings. The van der Waals surface area contributed by atoms with Crippen LogP contribution in [0.5, 0.6) is 0 Å². The van der Waals surface area contributed by atoms with E-state index in [9.17, 15) is 23.6 Å². The van der Waals surface area contributed by atoms with Gasteiger partial charge in [0.05, 0.1) is 26.8 Å². The van der Waals surface area contributed by atoms with E-state index in [2.05, 4.69) is 16.4 Å². The number of nitrogens with one attached hydrogen (secondary N) is 1. The minimum Gasteiger partial charge on any atom is -0.333 e. The third-order valence-corrected chi connectivity index (χ3v) is 8.07. The molecule has 8 nitrogen and oxygen atoms in total. The highest BCUT2D eigenvalue weighted by atomic mass is 32.1. The van der Waals surface area contributed by atoms with Crippen LogP contribution in [0.2, 0.25) is 0 Å². The zero-order valence-corrected chi connectivity index (χ0v) is 22.6. The number of likely N-dealkylation sites (N-methyl/N-ethyl adjacent to an activating group) is 1. The first kappa shape index (κ1) is 27.4. The Morgan fingerprint density at radius 3 is 2.68 bits per heavy atom. The van der Waals surface area contributed by atoms with Gasteiger partial charge in [0.1, 0.15) is 11.6 Å². The van der Waals surface area contributed by atoms with Crippen molar-refractivity contribution in [2.75, 3.05) is 26.0 Å². The predicted molar refractivity (Wildman–Crippen MR) is 143 cm³/mol. The summed E-state index contributed by atoms with van der Waals surface area (Å²) in [6, 6.07) is 11.9. The second kappa shape index (κ2) is 11.0. The average Bonchev–Trinajstić information content (AvgIpc) is 3.62. The molecule has 200 valence electrons. The Balaban J connectivity index is 1.62. The van der Waals surface area contributed by atoms with Crippen LogP contribution in [0.25, 0.3) is 11.0 Å². The molecule has 1 saturated heterocycles. The smallest absolute Gasteiger partial charge is 0.272 e. The lowest BCUT2D eigenvalue weighted by Gasteiger charge is -2.30. The molecule has 38 heavy (non-hydrogen) atoms. The van der Waals surface area contributed by atoms with Gasteiger partial charge >= 0.3 is 0 Å². The Morgan fingerprint density at radius 1 is 1.29 bits per heavy atom. The van der Waals surface area contributed by atoms with Crippen molar-refractivity contribution in [3.05, 3.63) is 57.8 Å². The van der Waals surface area contributed by atoms with E-state index in [-0.39, 0.29) is 33.2 Å². The topological polar surface area (TPSA) is 94.3 Å². The van der Waals surface area contributed by atoms with E-state index in [0.29, 0.717) is 18.6 Å². The quantitative estimate of drug-likeness (QED) is 0.318. The van der Waals surface area contributed by atoms with Gasteiger partial charge in [-0.2, -0.15) is 5.26 Å². The van der Waals surface area contributed by atoms with Gasteiger partial charge in [0.15, 0.2) is 0 Å². The van der Waals surface area contributed by atoms with Gasteiger partial charge in [0.2, 0.25) is 5.95 Å². The van der Waals surface area contributed by atoms with Crippen LogP contribution in [-0.4, -0.2) is 63.4 Å². The molecule has 1 atom stereocenters. The van der Waals surface area contributed by atoms with Crippen LogP contribution < -0.4 is 5.32 Å². The summed E-state index contributed by atoms with van der Waals surface area (Å²) in [6.45, 7) is 4.74. The Morgan fingerprint density at radius 2 is 2.03 bits per heavy atom. The molecule has 4 rings (SSSR count). The van der Waals surface area contributed by atoms with Crippen LogP contribution in [-0.2, 0) is 11.3 Å². The molecule has 2 aromatic heterocycles. The summed E-state index contributed by atoms with van der Waals surface area (Å²) < 4.78 is 27.9. The first-order chi connectivity index (χ1) is 18.0. The summed E-state index contributed by atoms with van der Waals surface area (Å²) in [6.07, 6.45) is 0.557. The maximum absolute atomic E-state index is 13.4. The van der Waals surface area contributed by atoms with Crippen molar-refractivity contribution in [1.29, 1.82) is 5.26 Å². The normalized spacial score (nSPS) is 16.4. The molecule has 1 aliphatic rings. The van der Waals surface area contributed by atoms with Crippen molar-refractivity contribution in [2.45, 2.75) is 51.2 Å². The number of hydrogen-bond acceptors (Lipinski definition) is 6. The van der Waals surface area contributed by atoms with Crippen LogP contribution in [0.4, 0.5) is 14.7 Å². The number of halogens is 2. The number of nitriles is 1. The summed E-state index contributed by atoms with van der Waals surface area (Å²) in [4.78, 5) is 34.5. The van der Waals surface area contributed by atoms with Crippen LogP contribution >= 0.6 is 11.3 Å². The molecule has 0 radical (unpaired) electrons. The Kier molecular flexibility index (Phi) is 7.94. The number of likely N-dealkylation sites (tertiary alicyclic amines) is 1. The van der Waals surface area contributed by atoms with Crippen molar-refractivity contribution in [3.8, 4) is 6.07 Å². The second-order valence-electron chi connectivity index (χ2n) is 10.0. The number of fused-ring (bicyclic) bond motifs is 1. The summed E-state index contributed by atoms with van der Waals surface area (Å²) in [5.41, 5.74) is 1.03. The Labute approximate surface area is 224 Å². The number of aromatic nitrogens is 2. The fourth-order valence-corrected chi connectivity index (χ4v) is 5.15. The number of amides is 2. The summed E-state index contributed by atoms with van der Waals surface area (Å²) in [7, 11) is 3.78. The first-order valence-corrected chi connectivity index (χ1v) is 13.1. The number of hydrogen-bond donors (Lipinski definition) is 1. The highest BCUT2D eigenvalue weighted by molar-refractivity contribution is 7.14. The van der Waals surface area contributed by atoms with Crippen molar-refractivity contribution in [3.63, 3.8) is 0 Å². The molecule has 11 heteroatoms. The molecule has 3 heterocycles. The van der Waals surface area contributed by atoms with Crippen molar-refractivity contribution in [2.24, 2.45) is 0 Å². The molecule has 0 aliphatic carbocycles. The standard InChI is InChI=1S/C27H30F2N6O2S/c1-27(2,33(3)4)14-17(15-30)25(37)34-13-7-8-18(34)16-35-20-10-6-5-9-19(20)31-26(35)32-24(36)22-12-11-21(38-22)23(28)29/h5-6,9-12,14,18,23H,7-8,13,16H2,1-4H3,(H,31,32,36)/t18-/m1/s1. The fraction of sp³-hybridized carbons (Fsp3) is 0.407. The van der Waals surface area contributed by atoms with Crippen molar-refractivity contribution < 1.29 is 18.4 Å². The average molecular weight is 541 g/mol. The van der Waals surface area contributed by atoms with Gasteiger partial charge in [-0.1, -0.05) is 12.1 Å². The van der Waals surface area contributed by atoms with E-state index in [1.807, 2.05) is 61.7 Å². The number of imidazole rings is 1. The van der Waals surface area contributed by atoms with Crippen molar-refractivity contribution >= 4 is 40.1 Å². The molecular formula is C27H30F2N6O2S. The van der Waals surface area contributed by atoms with Crippen LogP contribution in [0.15, 0.2) is 48.0 Å². The van der Waals surface area contributed by atoms with E-state index in [4.69, 9.17) is 0 Å². The Bertz CT molecular complexity index is 1420. The van der Waals surface area contributed by atoms with Gasteiger partial charge in [-0.3, -0.25) is 14.9 Å². The third-order valence-electron chi connectivity index (χ3n) is 6.98. The molecule has 2 amide bonds. The lowest BCUT2D eigenvalue weighted by atomic mass is 9.99. The molecule has 0 saturated carbocycles. The molecule has 1 aliphatic heterocycles. The summed E-state index contributed by atoms with van der Waals surface area (Å²) in [5, 5.41) is 12.6. The number of benzene rings is 1. The molecule has 1 fully saturated rings. The largest absolute Gasteiger partial charge is 0.333 e. The molecule has 1 aromatic carbocycles. The van der Waals surface area contributed by atoms with Gasteiger partial charge in [-0.05, 0) is 71.1 Å². The Hall–Kier alpha value is -3.62. The number of para-hydroxylation sites is 2. The monoisotopic (exact) mass is 540 g/mol. The minimum atomic E-state index is -2.65. The van der Waals surface area contributed by atoms with E-state index in [1.54, 1.807) is 11.0 Å². The van der Waals surface area contributed by atoms with E-state index >= 15 is 0 Å². The summed E-state index contributed by atoms with van der Waals surface area (Å²) >= 11 is 0.738. The summed E-state index contributed by atoms with van der Waals surface area (Å²) in [5.74, 6) is -0.580. The minimum absolute atomic E-state index is 0.0899. The highest BCUT2D eigenvalue weighted by Gasteiger charge is 2.33. The van der Waals surface area contributed by atoms with E-state index < -0.39 is 17.9 Å². The number of carbonyl (C=O) groups excluding carboxylic acids is 2. The van der Waals surface area contributed by atoms with Gasteiger partial charge in [0, 0.05) is 18.6 Å². The molecule has 0 bridgehead atoms. The number of nitrogens with zero attached hydrogens (tertiary/aromatic N) is 5. The third kappa shape index (κ3) is 5.61. The van der Waals surface area contributed by atoms with Crippen LogP contribution in [0, 0.1) is 11.3 Å². The van der Waals surface area contributed by atoms with Crippen LogP contribution in [0.1, 0.15) is 47.7 Å². The molecule has 1 N–H and O–H groups in total. The van der Waals surface area contributed by atoms with Crippen molar-refractivity contribution in [1.82, 2.24) is 19.4 Å². The zero-order chi connectivity index (χ0) is 27.6. The van der Waals surface area contributed by atoms with Crippen LogP contribution in [0.3, 0.4) is 0 Å². The number of carbonyl (C=O) groups is 2. The van der Waals surface area contributed by atoms with Gasteiger partial charge in [0.25, 0.3) is 18.2 Å². The van der Waals surface area contributed by atoms with Gasteiger partial charge in [-0.25, -0.2) is 13.8 Å². The first-order valence-electron chi connectivity index (χ1n) is 12.3. The second-order valence-corrected chi connectivity index (χ2v) is 11.1. The number of rotatable bonds is 8. The maximum Gasteiger partial charge on any atom is 0.272 e. The number of anilines is 1. The fourth-order valence-electron chi connectivity index (χ4n) is 4.39. The van der Waals surface area contributed by atoms with E-state index in [0.717, 1.165) is 29.7 Å². The molecular weight excluding hydrogens is 510 g/mol. The molecule has 0 unspecified atom stereocenters. The lowest BCUT2D eigenvalue weighted by Crippen LogP contribution is -2.41. The predicted octanol–water partition coefficient (Wildman–Crippen LogP) is 5.07. The SMILES string of the molecule is CN(C)C(C)(C)C=C(C#N)C(=O)N1CCC[C@@H]1Cn1c(NC(=O)c2ccc(C(F)F)s2)nc2ccccc21.